The molecule has 0 radical (unpaired) electrons. The Morgan fingerprint density at radius 2 is 2.29 bits per heavy atom. The Hall–Kier alpha value is -1.20. The van der Waals surface area contributed by atoms with Gasteiger partial charge in [-0.15, -0.1) is 0 Å². The molecule has 0 saturated heterocycles. The van der Waals surface area contributed by atoms with Crippen LogP contribution < -0.4 is 11.1 Å². The van der Waals surface area contributed by atoms with Crippen molar-refractivity contribution in [1.29, 1.82) is 0 Å². The second-order valence-corrected chi connectivity index (χ2v) is 4.34. The first-order valence-corrected chi connectivity index (χ1v) is 5.98. The smallest absolute Gasteiger partial charge is 0.305 e. The molecular weight excluding hydrogens is 220 g/mol. The van der Waals surface area contributed by atoms with Gasteiger partial charge in [0.25, 0.3) is 0 Å². The Bertz CT molecular complexity index is 313. The largest absolute Gasteiger partial charge is 0.481 e. The van der Waals surface area contributed by atoms with Crippen molar-refractivity contribution in [2.45, 2.75) is 38.1 Å². The number of carbonyl (C=O) groups is 2. The van der Waals surface area contributed by atoms with Crippen LogP contribution in [-0.2, 0) is 9.59 Å². The summed E-state index contributed by atoms with van der Waals surface area (Å²) in [6, 6.07) is -0.852. The summed E-state index contributed by atoms with van der Waals surface area (Å²) < 4.78 is 0. The van der Waals surface area contributed by atoms with Crippen LogP contribution in [0.1, 0.15) is 32.1 Å². The Balaban J connectivity index is 2.19. The van der Waals surface area contributed by atoms with Crippen molar-refractivity contribution in [2.24, 2.45) is 5.73 Å². The van der Waals surface area contributed by atoms with Gasteiger partial charge in [0.15, 0.2) is 0 Å². The third kappa shape index (κ3) is 5.60. The zero-order valence-electron chi connectivity index (χ0n) is 9.95. The fourth-order valence-electron chi connectivity index (χ4n) is 1.87. The summed E-state index contributed by atoms with van der Waals surface area (Å²) >= 11 is 0. The van der Waals surface area contributed by atoms with Gasteiger partial charge in [0, 0.05) is 13.0 Å². The zero-order chi connectivity index (χ0) is 12.7. The standard InChI is InChI=1S/C12H20N2O3/c13-10(8-12(16)17)11(15)3-1-2-9-4-6-14-7-5-9/h4,10,14H,1-3,5-8,13H2,(H,16,17). The topological polar surface area (TPSA) is 92.4 Å². The average molecular weight is 240 g/mol. The van der Waals surface area contributed by atoms with Crippen LogP contribution in [0.2, 0.25) is 0 Å². The number of nitrogens with one attached hydrogen (secondary N) is 1. The van der Waals surface area contributed by atoms with Crippen molar-refractivity contribution >= 4 is 11.8 Å². The third-order valence-corrected chi connectivity index (χ3v) is 2.89. The number of nitrogens with two attached hydrogens (primary N) is 1. The summed E-state index contributed by atoms with van der Waals surface area (Å²) in [7, 11) is 0. The average Bonchev–Trinajstić information content (AvgIpc) is 2.29. The molecule has 0 bridgehead atoms. The molecule has 5 nitrogen and oxygen atoms in total. The molecule has 1 atom stereocenters. The first-order chi connectivity index (χ1) is 8.09. The van der Waals surface area contributed by atoms with E-state index in [-0.39, 0.29) is 12.2 Å². The number of carboxylic acid groups (broad SMARTS) is 1. The van der Waals surface area contributed by atoms with Crippen molar-refractivity contribution < 1.29 is 14.7 Å². The van der Waals surface area contributed by atoms with Crippen LogP contribution in [0.3, 0.4) is 0 Å². The summed E-state index contributed by atoms with van der Waals surface area (Å²) in [6.45, 7) is 1.90. The number of hydrogen-bond acceptors (Lipinski definition) is 4. The first kappa shape index (κ1) is 13.9. The van der Waals surface area contributed by atoms with Gasteiger partial charge in [-0.1, -0.05) is 11.6 Å². The number of ketones is 1. The number of aliphatic carboxylic acids is 1. The second kappa shape index (κ2) is 7.19. The van der Waals surface area contributed by atoms with E-state index in [1.807, 2.05) is 0 Å². The van der Waals surface area contributed by atoms with Gasteiger partial charge >= 0.3 is 5.97 Å². The van der Waals surface area contributed by atoms with Crippen molar-refractivity contribution in [2.75, 3.05) is 13.1 Å². The number of hydrogen-bond donors (Lipinski definition) is 3. The zero-order valence-corrected chi connectivity index (χ0v) is 9.95. The van der Waals surface area contributed by atoms with Crippen LogP contribution in [0.4, 0.5) is 0 Å². The predicted octanol–water partition coefficient (Wildman–Crippen LogP) is 0.447. The minimum absolute atomic E-state index is 0.151. The Kier molecular flexibility index (Phi) is 5.86. The van der Waals surface area contributed by atoms with E-state index in [9.17, 15) is 9.59 Å². The van der Waals surface area contributed by atoms with Crippen LogP contribution in [-0.4, -0.2) is 36.0 Å². The molecular formula is C12H20N2O3. The van der Waals surface area contributed by atoms with E-state index in [4.69, 9.17) is 10.8 Å². The monoisotopic (exact) mass is 240 g/mol. The lowest BCUT2D eigenvalue weighted by atomic mass is 9.99. The fraction of sp³-hybridized carbons (Fsp3) is 0.667. The lowest BCUT2D eigenvalue weighted by Gasteiger charge is -2.14. The SMILES string of the molecule is NC(CC(=O)O)C(=O)CCCC1=CCNCC1. The maximum Gasteiger partial charge on any atom is 0.305 e. The highest BCUT2D eigenvalue weighted by Gasteiger charge is 2.16. The molecule has 17 heavy (non-hydrogen) atoms. The summed E-state index contributed by atoms with van der Waals surface area (Å²) in [4.78, 5) is 21.9. The van der Waals surface area contributed by atoms with Gasteiger partial charge in [-0.3, -0.25) is 9.59 Å². The van der Waals surface area contributed by atoms with Gasteiger partial charge in [0.1, 0.15) is 5.78 Å². The highest BCUT2D eigenvalue weighted by atomic mass is 16.4. The quantitative estimate of drug-likeness (QED) is 0.562. The van der Waals surface area contributed by atoms with E-state index >= 15 is 0 Å². The molecule has 0 amide bonds. The molecule has 1 rings (SSSR count). The predicted molar refractivity (Wildman–Crippen MR) is 64.7 cm³/mol. The fourth-order valence-corrected chi connectivity index (χ4v) is 1.87. The molecule has 1 aliphatic rings. The number of rotatable bonds is 7. The maximum absolute atomic E-state index is 11.5. The molecule has 5 heteroatoms. The molecule has 0 fully saturated rings. The molecule has 0 aliphatic carbocycles. The summed E-state index contributed by atoms with van der Waals surface area (Å²) in [5, 5.41) is 11.7. The Labute approximate surface area is 101 Å². The number of Topliss-reactive ketones (excluding diaryl/α,β-unsaturated/α-hetero) is 1. The summed E-state index contributed by atoms with van der Waals surface area (Å²) in [6.07, 6.45) is 4.97. The van der Waals surface area contributed by atoms with E-state index in [1.165, 1.54) is 5.57 Å². The maximum atomic E-state index is 11.5. The molecule has 0 saturated carbocycles. The third-order valence-electron chi connectivity index (χ3n) is 2.89. The van der Waals surface area contributed by atoms with Crippen LogP contribution in [0.15, 0.2) is 11.6 Å². The molecule has 1 unspecified atom stereocenters. The van der Waals surface area contributed by atoms with Crippen LogP contribution >= 0.6 is 0 Å². The van der Waals surface area contributed by atoms with Crippen molar-refractivity contribution in [3.63, 3.8) is 0 Å². The van der Waals surface area contributed by atoms with E-state index < -0.39 is 12.0 Å². The molecule has 0 aromatic heterocycles. The van der Waals surface area contributed by atoms with Gasteiger partial charge in [0.05, 0.1) is 12.5 Å². The van der Waals surface area contributed by atoms with Gasteiger partial charge in [0.2, 0.25) is 0 Å². The van der Waals surface area contributed by atoms with Crippen LogP contribution in [0, 0.1) is 0 Å². The highest BCUT2D eigenvalue weighted by Crippen LogP contribution is 2.13. The molecule has 0 spiro atoms. The molecule has 0 aromatic rings. The molecule has 96 valence electrons. The van der Waals surface area contributed by atoms with Gasteiger partial charge in [-0.05, 0) is 25.8 Å². The van der Waals surface area contributed by atoms with Crippen molar-refractivity contribution in [3.05, 3.63) is 11.6 Å². The van der Waals surface area contributed by atoms with E-state index in [1.54, 1.807) is 0 Å². The second-order valence-electron chi connectivity index (χ2n) is 4.34. The molecule has 1 heterocycles. The number of carbonyl (C=O) groups excluding carboxylic acids is 1. The van der Waals surface area contributed by atoms with Gasteiger partial charge in [-0.2, -0.15) is 0 Å². The minimum atomic E-state index is -1.02. The minimum Gasteiger partial charge on any atom is -0.481 e. The first-order valence-electron chi connectivity index (χ1n) is 5.98. The summed E-state index contributed by atoms with van der Waals surface area (Å²) in [5.41, 5.74) is 6.86. The normalized spacial score (nSPS) is 17.4. The molecule has 0 aromatic carbocycles. The molecule has 1 aliphatic heterocycles. The Morgan fingerprint density at radius 1 is 1.53 bits per heavy atom. The van der Waals surface area contributed by atoms with E-state index in [0.29, 0.717) is 6.42 Å². The summed E-state index contributed by atoms with van der Waals surface area (Å²) in [5.74, 6) is -1.17. The highest BCUT2D eigenvalue weighted by molar-refractivity contribution is 5.87. The van der Waals surface area contributed by atoms with Crippen molar-refractivity contribution in [1.82, 2.24) is 5.32 Å². The van der Waals surface area contributed by atoms with Gasteiger partial charge in [-0.25, -0.2) is 0 Å². The van der Waals surface area contributed by atoms with Crippen molar-refractivity contribution in [3.8, 4) is 0 Å². The molecule has 4 N–H and O–H groups in total. The lowest BCUT2D eigenvalue weighted by molar-refractivity contribution is -0.139. The Morgan fingerprint density at radius 3 is 2.88 bits per heavy atom. The number of carboxylic acids is 1. The van der Waals surface area contributed by atoms with E-state index in [0.717, 1.165) is 32.4 Å². The van der Waals surface area contributed by atoms with Crippen LogP contribution in [0.5, 0.6) is 0 Å². The van der Waals surface area contributed by atoms with Gasteiger partial charge < -0.3 is 16.2 Å². The van der Waals surface area contributed by atoms with Crippen LogP contribution in [0.25, 0.3) is 0 Å². The van der Waals surface area contributed by atoms with E-state index in [2.05, 4.69) is 11.4 Å². The lowest BCUT2D eigenvalue weighted by Crippen LogP contribution is -2.32.